The zero-order chi connectivity index (χ0) is 20.3. The van der Waals surface area contributed by atoms with E-state index in [0.717, 1.165) is 18.5 Å². The molecule has 28 heavy (non-hydrogen) atoms. The number of urea groups is 1. The number of ketones is 1. The highest BCUT2D eigenvalue weighted by molar-refractivity contribution is 14.1. The second-order valence-corrected chi connectivity index (χ2v) is 8.50. The smallest absolute Gasteiger partial charge is 0.319 e. The van der Waals surface area contributed by atoms with Crippen LogP contribution in [0.15, 0.2) is 66.4 Å². The van der Waals surface area contributed by atoms with Crippen LogP contribution in [-0.2, 0) is 0 Å². The van der Waals surface area contributed by atoms with Crippen molar-refractivity contribution in [3.63, 3.8) is 0 Å². The van der Waals surface area contributed by atoms with E-state index in [1.807, 2.05) is 30.3 Å². The van der Waals surface area contributed by atoms with Crippen LogP contribution in [0.2, 0.25) is 0 Å². The fraction of sp³-hybridized carbons (Fsp3) is 0.143. The van der Waals surface area contributed by atoms with Crippen LogP contribution in [0.5, 0.6) is 5.75 Å². The van der Waals surface area contributed by atoms with Gasteiger partial charge in [0.25, 0.3) is 0 Å². The minimum absolute atomic E-state index is 0.118. The minimum Gasteiger partial charge on any atom is -0.487 e. The van der Waals surface area contributed by atoms with Gasteiger partial charge in [0.1, 0.15) is 12.4 Å². The molecule has 0 bridgehead atoms. The molecule has 0 radical (unpaired) electrons. The van der Waals surface area contributed by atoms with Gasteiger partial charge in [-0.05, 0) is 69.8 Å². The number of allylic oxidation sites excluding steroid dienone is 1. The molecule has 1 atom stereocenters. The molecule has 1 aliphatic heterocycles. The third-order valence-electron chi connectivity index (χ3n) is 4.25. The standard InChI is InChI=1S/C21H18I2N2O3/c1-3-9-28-20-15(22)10-14(11-16(20)23)18-17(12(2)24-21(27)25-18)19(26)13-7-5-4-6-8-13/h3-8,10-11,18H,1,9H2,2H3,(H2,24,25,27)/t18-/m1/s1. The van der Waals surface area contributed by atoms with Crippen molar-refractivity contribution in [2.45, 2.75) is 13.0 Å². The van der Waals surface area contributed by atoms with Gasteiger partial charge in [-0.1, -0.05) is 43.0 Å². The van der Waals surface area contributed by atoms with E-state index in [0.29, 0.717) is 23.4 Å². The van der Waals surface area contributed by atoms with E-state index >= 15 is 0 Å². The normalized spacial score (nSPS) is 16.2. The summed E-state index contributed by atoms with van der Waals surface area (Å²) in [4.78, 5) is 25.3. The van der Waals surface area contributed by atoms with Gasteiger partial charge < -0.3 is 15.4 Å². The zero-order valence-corrected chi connectivity index (χ0v) is 19.4. The van der Waals surface area contributed by atoms with E-state index in [-0.39, 0.29) is 11.8 Å². The number of ether oxygens (including phenoxy) is 1. The second kappa shape index (κ2) is 9.08. The lowest BCUT2D eigenvalue weighted by Gasteiger charge is -2.29. The largest absolute Gasteiger partial charge is 0.487 e. The molecular formula is C21H18I2N2O3. The Balaban J connectivity index is 2.05. The third-order valence-corrected chi connectivity index (χ3v) is 5.85. The summed E-state index contributed by atoms with van der Waals surface area (Å²) in [6, 6.07) is 12.1. The summed E-state index contributed by atoms with van der Waals surface area (Å²) in [6.07, 6.45) is 1.69. The first kappa shape index (κ1) is 20.8. The summed E-state index contributed by atoms with van der Waals surface area (Å²) >= 11 is 4.40. The molecule has 7 heteroatoms. The Morgan fingerprint density at radius 1 is 1.21 bits per heavy atom. The zero-order valence-electron chi connectivity index (χ0n) is 15.1. The topological polar surface area (TPSA) is 67.4 Å². The lowest BCUT2D eigenvalue weighted by molar-refractivity contribution is 0.102. The van der Waals surface area contributed by atoms with Crippen LogP contribution in [0.4, 0.5) is 4.79 Å². The molecule has 2 aromatic carbocycles. The van der Waals surface area contributed by atoms with Gasteiger partial charge in [-0.15, -0.1) is 0 Å². The van der Waals surface area contributed by atoms with Gasteiger partial charge in [-0.25, -0.2) is 4.79 Å². The number of benzene rings is 2. The van der Waals surface area contributed by atoms with Crippen LogP contribution >= 0.6 is 45.2 Å². The van der Waals surface area contributed by atoms with E-state index in [9.17, 15) is 9.59 Å². The van der Waals surface area contributed by atoms with Gasteiger partial charge in [0.2, 0.25) is 0 Å². The number of rotatable bonds is 6. The SMILES string of the molecule is C=CCOc1c(I)cc([C@H]2NC(=O)NC(C)=C2C(=O)c2ccccc2)cc1I. The highest BCUT2D eigenvalue weighted by Gasteiger charge is 2.32. The van der Waals surface area contributed by atoms with Crippen LogP contribution < -0.4 is 15.4 Å². The minimum atomic E-state index is -0.544. The Labute approximate surface area is 190 Å². The Morgan fingerprint density at radius 2 is 1.86 bits per heavy atom. The maximum Gasteiger partial charge on any atom is 0.319 e. The van der Waals surface area contributed by atoms with E-state index in [1.165, 1.54) is 0 Å². The summed E-state index contributed by atoms with van der Waals surface area (Å²) in [6.45, 7) is 5.83. The molecule has 2 amide bonds. The number of hydrogen-bond donors (Lipinski definition) is 2. The summed E-state index contributed by atoms with van der Waals surface area (Å²) in [7, 11) is 0. The summed E-state index contributed by atoms with van der Waals surface area (Å²) in [5.74, 6) is 0.648. The van der Waals surface area contributed by atoms with E-state index in [2.05, 4.69) is 62.4 Å². The van der Waals surface area contributed by atoms with Crippen molar-refractivity contribution in [3.05, 3.63) is 84.7 Å². The quantitative estimate of drug-likeness (QED) is 0.280. The molecule has 2 N–H and O–H groups in total. The number of nitrogens with one attached hydrogen (secondary N) is 2. The highest BCUT2D eigenvalue weighted by atomic mass is 127. The molecule has 0 aromatic heterocycles. The molecule has 0 saturated heterocycles. The number of carbonyl (C=O) groups excluding carboxylic acids is 2. The van der Waals surface area contributed by atoms with E-state index in [4.69, 9.17) is 4.74 Å². The summed E-state index contributed by atoms with van der Waals surface area (Å²) < 4.78 is 7.54. The molecule has 144 valence electrons. The lowest BCUT2D eigenvalue weighted by atomic mass is 9.89. The monoisotopic (exact) mass is 600 g/mol. The van der Waals surface area contributed by atoms with Gasteiger partial charge in [0.05, 0.1) is 13.2 Å². The van der Waals surface area contributed by atoms with Gasteiger partial charge in [-0.2, -0.15) is 0 Å². The Hall–Kier alpha value is -1.88. The highest BCUT2D eigenvalue weighted by Crippen LogP contribution is 2.35. The molecule has 3 rings (SSSR count). The molecule has 5 nitrogen and oxygen atoms in total. The van der Waals surface area contributed by atoms with Crippen LogP contribution in [0, 0.1) is 7.14 Å². The van der Waals surface area contributed by atoms with Gasteiger partial charge in [0, 0.05) is 16.8 Å². The predicted octanol–water partition coefficient (Wildman–Crippen LogP) is 4.97. The lowest BCUT2D eigenvalue weighted by Crippen LogP contribution is -2.45. The summed E-state index contributed by atoms with van der Waals surface area (Å²) in [5, 5.41) is 5.61. The van der Waals surface area contributed by atoms with E-state index in [1.54, 1.807) is 25.1 Å². The molecule has 2 aromatic rings. The number of halogens is 2. The first-order chi connectivity index (χ1) is 13.4. The maximum absolute atomic E-state index is 13.2. The number of hydrogen-bond acceptors (Lipinski definition) is 3. The molecule has 1 heterocycles. The molecule has 0 saturated carbocycles. The average Bonchev–Trinajstić information content (AvgIpc) is 2.67. The molecule has 0 unspecified atom stereocenters. The number of carbonyl (C=O) groups is 2. The van der Waals surface area contributed by atoms with Crippen molar-refractivity contribution >= 4 is 57.0 Å². The molecule has 0 aliphatic carbocycles. The Bertz CT molecular complexity index is 948. The second-order valence-electron chi connectivity index (χ2n) is 6.18. The van der Waals surface area contributed by atoms with Crippen molar-refractivity contribution in [2.24, 2.45) is 0 Å². The fourth-order valence-electron chi connectivity index (χ4n) is 3.02. The number of amides is 2. The van der Waals surface area contributed by atoms with Crippen molar-refractivity contribution < 1.29 is 14.3 Å². The van der Waals surface area contributed by atoms with Crippen LogP contribution in [0.25, 0.3) is 0 Å². The average molecular weight is 600 g/mol. The molecular weight excluding hydrogens is 582 g/mol. The van der Waals surface area contributed by atoms with E-state index < -0.39 is 6.04 Å². The van der Waals surface area contributed by atoms with Crippen LogP contribution in [-0.4, -0.2) is 18.4 Å². The first-order valence-corrected chi connectivity index (χ1v) is 10.7. The fourth-order valence-corrected chi connectivity index (χ4v) is 5.14. The van der Waals surface area contributed by atoms with Crippen molar-refractivity contribution in [1.82, 2.24) is 10.6 Å². The van der Waals surface area contributed by atoms with Gasteiger partial charge >= 0.3 is 6.03 Å². The molecule has 1 aliphatic rings. The third kappa shape index (κ3) is 4.40. The van der Waals surface area contributed by atoms with Gasteiger partial charge in [-0.3, -0.25) is 4.79 Å². The molecule has 0 spiro atoms. The van der Waals surface area contributed by atoms with Gasteiger partial charge in [0.15, 0.2) is 5.78 Å². The predicted molar refractivity (Wildman–Crippen MR) is 125 cm³/mol. The Morgan fingerprint density at radius 3 is 2.46 bits per heavy atom. The first-order valence-electron chi connectivity index (χ1n) is 8.53. The Kier molecular flexibility index (Phi) is 6.76. The van der Waals surface area contributed by atoms with Crippen molar-refractivity contribution in [1.29, 1.82) is 0 Å². The molecule has 0 fully saturated rings. The van der Waals surface area contributed by atoms with Crippen molar-refractivity contribution in [3.8, 4) is 5.75 Å². The number of Topliss-reactive ketones (excluding diaryl/α,β-unsaturated/α-hetero) is 1. The van der Waals surface area contributed by atoms with Crippen LogP contribution in [0.1, 0.15) is 28.9 Å². The van der Waals surface area contributed by atoms with Crippen LogP contribution in [0.3, 0.4) is 0 Å². The van der Waals surface area contributed by atoms with Crippen molar-refractivity contribution in [2.75, 3.05) is 6.61 Å². The maximum atomic E-state index is 13.2. The summed E-state index contributed by atoms with van der Waals surface area (Å²) in [5.41, 5.74) is 2.49.